The van der Waals surface area contributed by atoms with Crippen LogP contribution in [0.4, 0.5) is 5.69 Å². The summed E-state index contributed by atoms with van der Waals surface area (Å²) < 4.78 is 5.17. The lowest BCUT2D eigenvalue weighted by atomic mass is 10.1. The number of ether oxygens (including phenoxy) is 1. The van der Waals surface area contributed by atoms with Crippen LogP contribution in [0.25, 0.3) is 0 Å². The van der Waals surface area contributed by atoms with Gasteiger partial charge >= 0.3 is 5.97 Å². The molecule has 0 aliphatic carbocycles. The third-order valence-electron chi connectivity index (χ3n) is 4.43. The van der Waals surface area contributed by atoms with E-state index >= 15 is 0 Å². The van der Waals surface area contributed by atoms with Crippen molar-refractivity contribution in [2.75, 3.05) is 24.7 Å². The van der Waals surface area contributed by atoms with E-state index in [9.17, 15) is 14.4 Å². The first-order valence-corrected chi connectivity index (χ1v) is 8.54. The molecule has 1 aliphatic rings. The molecule has 3 rings (SSSR count). The summed E-state index contributed by atoms with van der Waals surface area (Å²) in [6, 6.07) is 13.6. The summed E-state index contributed by atoms with van der Waals surface area (Å²) in [6.07, 6.45) is 0. The second kappa shape index (κ2) is 7.39. The smallest absolute Gasteiger partial charge is 0.339 e. The Labute approximate surface area is 152 Å². The molecule has 0 aromatic heterocycles. The molecule has 6 nitrogen and oxygen atoms in total. The Morgan fingerprint density at radius 2 is 1.46 bits per heavy atom. The summed E-state index contributed by atoms with van der Waals surface area (Å²) in [7, 11) is 0. The number of amides is 2. The highest BCUT2D eigenvalue weighted by Crippen LogP contribution is 2.22. The zero-order chi connectivity index (χ0) is 18.7. The van der Waals surface area contributed by atoms with Crippen LogP contribution in [0.2, 0.25) is 0 Å². The van der Waals surface area contributed by atoms with Gasteiger partial charge in [-0.25, -0.2) is 9.69 Å². The van der Waals surface area contributed by atoms with Crippen molar-refractivity contribution in [1.82, 2.24) is 4.90 Å². The maximum Gasteiger partial charge on any atom is 0.339 e. The van der Waals surface area contributed by atoms with E-state index in [2.05, 4.69) is 18.7 Å². The minimum absolute atomic E-state index is 0.331. The Morgan fingerprint density at radius 3 is 1.96 bits per heavy atom. The van der Waals surface area contributed by atoms with Crippen LogP contribution < -0.4 is 4.90 Å². The summed E-state index contributed by atoms with van der Waals surface area (Å²) in [5, 5.41) is 0. The number of nitrogens with zero attached hydrogens (tertiary/aromatic N) is 2. The van der Waals surface area contributed by atoms with Gasteiger partial charge in [-0.3, -0.25) is 9.59 Å². The molecule has 6 heteroatoms. The van der Waals surface area contributed by atoms with E-state index in [-0.39, 0.29) is 0 Å². The lowest BCUT2D eigenvalue weighted by molar-refractivity contribution is 0.0228. The summed E-state index contributed by atoms with van der Waals surface area (Å²) >= 11 is 0. The number of hydrogen-bond donors (Lipinski definition) is 0. The second-order valence-corrected chi connectivity index (χ2v) is 5.86. The molecule has 0 atom stereocenters. The number of imide groups is 1. The predicted octanol–water partition coefficient (Wildman–Crippen LogP) is 2.94. The molecule has 1 heterocycles. The largest absolute Gasteiger partial charge is 0.440 e. The zero-order valence-corrected chi connectivity index (χ0v) is 14.8. The predicted molar refractivity (Wildman–Crippen MR) is 97.2 cm³/mol. The van der Waals surface area contributed by atoms with Crippen molar-refractivity contribution >= 4 is 23.5 Å². The molecule has 0 bridgehead atoms. The van der Waals surface area contributed by atoms with Gasteiger partial charge in [0.2, 0.25) is 0 Å². The van der Waals surface area contributed by atoms with Gasteiger partial charge in [0.15, 0.2) is 6.73 Å². The minimum atomic E-state index is -0.576. The second-order valence-electron chi connectivity index (χ2n) is 5.86. The van der Waals surface area contributed by atoms with E-state index in [0.717, 1.165) is 23.7 Å². The molecule has 2 aromatic rings. The number of anilines is 1. The Balaban J connectivity index is 1.65. The van der Waals surface area contributed by atoms with Crippen molar-refractivity contribution in [2.24, 2.45) is 0 Å². The van der Waals surface area contributed by atoms with Crippen LogP contribution >= 0.6 is 0 Å². The molecule has 0 saturated carbocycles. The van der Waals surface area contributed by atoms with Gasteiger partial charge in [0.05, 0.1) is 16.7 Å². The molecule has 0 radical (unpaired) electrons. The van der Waals surface area contributed by atoms with Crippen LogP contribution in [-0.4, -0.2) is 42.5 Å². The molecule has 1 aliphatic heterocycles. The van der Waals surface area contributed by atoms with Gasteiger partial charge in [-0.05, 0) is 50.2 Å². The van der Waals surface area contributed by atoms with Crippen LogP contribution in [0.15, 0.2) is 48.5 Å². The highest BCUT2D eigenvalue weighted by Gasteiger charge is 2.35. The van der Waals surface area contributed by atoms with E-state index in [1.54, 1.807) is 36.4 Å². The number of carbonyl (C=O) groups excluding carboxylic acids is 3. The fraction of sp³-hybridized carbons (Fsp3) is 0.250. The summed E-state index contributed by atoms with van der Waals surface area (Å²) in [6.45, 7) is 5.48. The number of rotatable bonds is 6. The molecular formula is C20H20N2O4. The van der Waals surface area contributed by atoms with E-state index < -0.39 is 24.5 Å². The quantitative estimate of drug-likeness (QED) is 0.591. The van der Waals surface area contributed by atoms with Crippen LogP contribution in [0.5, 0.6) is 0 Å². The average Bonchev–Trinajstić information content (AvgIpc) is 2.92. The standard InChI is InChI=1S/C20H20N2O4/c1-3-21(4-2)15-11-9-14(10-12-15)20(25)26-13-22-18(23)16-7-5-6-8-17(16)19(22)24/h5-12H,3-4,13H2,1-2H3. The average molecular weight is 352 g/mol. The maximum absolute atomic E-state index is 12.3. The van der Waals surface area contributed by atoms with E-state index in [0.29, 0.717) is 16.7 Å². The number of fused-ring (bicyclic) bond motifs is 1. The van der Waals surface area contributed by atoms with Gasteiger partial charge in [0.25, 0.3) is 11.8 Å². The van der Waals surface area contributed by atoms with Crippen molar-refractivity contribution in [3.05, 3.63) is 65.2 Å². The van der Waals surface area contributed by atoms with E-state index in [1.807, 2.05) is 12.1 Å². The van der Waals surface area contributed by atoms with Crippen molar-refractivity contribution in [2.45, 2.75) is 13.8 Å². The van der Waals surface area contributed by atoms with Crippen molar-refractivity contribution < 1.29 is 19.1 Å². The van der Waals surface area contributed by atoms with Crippen molar-refractivity contribution in [1.29, 1.82) is 0 Å². The summed E-state index contributed by atoms with van der Waals surface area (Å²) in [5.74, 6) is -1.47. The van der Waals surface area contributed by atoms with Gasteiger partial charge in [-0.1, -0.05) is 12.1 Å². The fourth-order valence-electron chi connectivity index (χ4n) is 2.96. The molecule has 2 aromatic carbocycles. The Morgan fingerprint density at radius 1 is 0.923 bits per heavy atom. The normalized spacial score (nSPS) is 12.9. The molecule has 0 N–H and O–H groups in total. The molecule has 0 fully saturated rings. The first kappa shape index (κ1) is 17.7. The monoisotopic (exact) mass is 352 g/mol. The molecule has 134 valence electrons. The van der Waals surface area contributed by atoms with E-state index in [4.69, 9.17) is 4.74 Å². The van der Waals surface area contributed by atoms with Gasteiger partial charge in [0, 0.05) is 18.8 Å². The van der Waals surface area contributed by atoms with Gasteiger partial charge < -0.3 is 9.64 Å². The van der Waals surface area contributed by atoms with E-state index in [1.165, 1.54) is 0 Å². The minimum Gasteiger partial charge on any atom is -0.440 e. The fourth-order valence-corrected chi connectivity index (χ4v) is 2.96. The molecule has 0 spiro atoms. The maximum atomic E-state index is 12.3. The Bertz CT molecular complexity index is 806. The van der Waals surface area contributed by atoms with Crippen LogP contribution in [0, 0.1) is 0 Å². The van der Waals surface area contributed by atoms with Gasteiger partial charge in [-0.15, -0.1) is 0 Å². The van der Waals surface area contributed by atoms with Crippen LogP contribution in [-0.2, 0) is 4.74 Å². The molecule has 2 amide bonds. The SMILES string of the molecule is CCN(CC)c1ccc(C(=O)OCN2C(=O)c3ccccc3C2=O)cc1. The van der Waals surface area contributed by atoms with Crippen LogP contribution in [0.3, 0.4) is 0 Å². The number of benzene rings is 2. The van der Waals surface area contributed by atoms with Gasteiger partial charge in [0.1, 0.15) is 0 Å². The van der Waals surface area contributed by atoms with Crippen LogP contribution in [0.1, 0.15) is 44.9 Å². The molecule has 0 saturated heterocycles. The summed E-state index contributed by atoms with van der Waals surface area (Å²) in [5.41, 5.74) is 2.05. The molecule has 0 unspecified atom stereocenters. The van der Waals surface area contributed by atoms with Crippen molar-refractivity contribution in [3.8, 4) is 0 Å². The Hall–Kier alpha value is -3.15. The van der Waals surface area contributed by atoms with Gasteiger partial charge in [-0.2, -0.15) is 0 Å². The lowest BCUT2D eigenvalue weighted by Gasteiger charge is -2.21. The number of esters is 1. The third kappa shape index (κ3) is 3.18. The summed E-state index contributed by atoms with van der Waals surface area (Å²) in [4.78, 5) is 39.8. The topological polar surface area (TPSA) is 66.9 Å². The first-order valence-electron chi connectivity index (χ1n) is 8.54. The molecular weight excluding hydrogens is 332 g/mol. The van der Waals surface area contributed by atoms with Crippen molar-refractivity contribution in [3.63, 3.8) is 0 Å². The Kier molecular flexibility index (Phi) is 5.02. The number of carbonyl (C=O) groups is 3. The third-order valence-corrected chi connectivity index (χ3v) is 4.43. The first-order chi connectivity index (χ1) is 12.6. The highest BCUT2D eigenvalue weighted by molar-refractivity contribution is 6.21. The highest BCUT2D eigenvalue weighted by atomic mass is 16.5. The number of hydrogen-bond acceptors (Lipinski definition) is 5. The lowest BCUT2D eigenvalue weighted by Crippen LogP contribution is -2.33. The zero-order valence-electron chi connectivity index (χ0n) is 14.8. The molecule has 26 heavy (non-hydrogen) atoms.